The summed E-state index contributed by atoms with van der Waals surface area (Å²) in [7, 11) is 0. The van der Waals surface area contributed by atoms with Crippen LogP contribution >= 0.6 is 11.3 Å². The fourth-order valence-electron chi connectivity index (χ4n) is 2.28. The van der Waals surface area contributed by atoms with Crippen LogP contribution in [0.15, 0.2) is 54.6 Å². The summed E-state index contributed by atoms with van der Waals surface area (Å²) in [6.45, 7) is 12.2. The third kappa shape index (κ3) is 6.82. The van der Waals surface area contributed by atoms with E-state index in [0.29, 0.717) is 5.75 Å². The molecule has 0 saturated carbocycles. The van der Waals surface area contributed by atoms with Gasteiger partial charge in [-0.15, -0.1) is 11.3 Å². The number of hydrogen-bond acceptors (Lipinski definition) is 5. The zero-order valence-corrected chi connectivity index (χ0v) is 18.4. The molecule has 2 aromatic carbocycles. The van der Waals surface area contributed by atoms with Crippen molar-refractivity contribution in [3.63, 3.8) is 0 Å². The van der Waals surface area contributed by atoms with Gasteiger partial charge < -0.3 is 10.1 Å². The highest BCUT2D eigenvalue weighted by atomic mass is 32.1. The van der Waals surface area contributed by atoms with Crippen molar-refractivity contribution in [2.75, 3.05) is 11.9 Å². The van der Waals surface area contributed by atoms with Gasteiger partial charge in [-0.3, -0.25) is 4.79 Å². The Hall–Kier alpha value is -2.66. The van der Waals surface area contributed by atoms with Crippen molar-refractivity contribution < 1.29 is 9.53 Å². The number of benzene rings is 2. The van der Waals surface area contributed by atoms with Crippen molar-refractivity contribution >= 4 is 33.2 Å². The van der Waals surface area contributed by atoms with E-state index in [2.05, 4.69) is 40.6 Å². The number of nitrogens with zero attached hydrogens (tertiary/aromatic N) is 1. The first-order valence-electron chi connectivity index (χ1n) is 9.70. The van der Waals surface area contributed by atoms with Crippen LogP contribution in [0, 0.1) is 0 Å². The van der Waals surface area contributed by atoms with E-state index in [9.17, 15) is 4.79 Å². The van der Waals surface area contributed by atoms with Gasteiger partial charge >= 0.3 is 5.97 Å². The predicted octanol–water partition coefficient (Wildman–Crippen LogP) is 6.93. The lowest BCUT2D eigenvalue weighted by Crippen LogP contribution is -2.00. The molecule has 0 aliphatic heterocycles. The molecule has 150 valence electrons. The molecule has 0 aliphatic carbocycles. The standard InChI is InChI=1S/C19H18N2O2S.2C2H6/c1-3-4-11-20-15-7-5-14(6-8-15)19-21-17-10-9-16(23-13(2)22)12-18(17)24-19;2*1-2/h3-10,12,20H,11H2,1-2H3;2*1-2H3/b4-3+;;. The minimum Gasteiger partial charge on any atom is -0.427 e. The number of carbonyl (C=O) groups is 1. The molecule has 3 rings (SSSR count). The normalized spacial score (nSPS) is 9.93. The summed E-state index contributed by atoms with van der Waals surface area (Å²) in [4.78, 5) is 15.7. The first kappa shape index (κ1) is 23.4. The lowest BCUT2D eigenvalue weighted by molar-refractivity contribution is -0.131. The minimum atomic E-state index is -0.319. The number of ether oxygens (including phenoxy) is 1. The second kappa shape index (κ2) is 12.7. The van der Waals surface area contributed by atoms with E-state index in [-0.39, 0.29) is 5.97 Å². The smallest absolute Gasteiger partial charge is 0.308 e. The van der Waals surface area contributed by atoms with Gasteiger partial charge in [0, 0.05) is 30.8 Å². The van der Waals surface area contributed by atoms with Crippen LogP contribution in [-0.2, 0) is 4.79 Å². The largest absolute Gasteiger partial charge is 0.427 e. The Morgan fingerprint density at radius 1 is 1.11 bits per heavy atom. The van der Waals surface area contributed by atoms with Gasteiger partial charge in [0.2, 0.25) is 0 Å². The molecule has 5 heteroatoms. The Balaban J connectivity index is 0.000000921. The molecule has 1 heterocycles. The van der Waals surface area contributed by atoms with Crippen LogP contribution in [0.3, 0.4) is 0 Å². The van der Waals surface area contributed by atoms with Crippen LogP contribution < -0.4 is 10.1 Å². The maximum atomic E-state index is 11.1. The van der Waals surface area contributed by atoms with Crippen molar-refractivity contribution in [1.82, 2.24) is 4.98 Å². The molecule has 0 bridgehead atoms. The van der Waals surface area contributed by atoms with Crippen LogP contribution in [0.1, 0.15) is 41.5 Å². The molecule has 0 fully saturated rings. The van der Waals surface area contributed by atoms with Crippen molar-refractivity contribution in [3.8, 4) is 16.3 Å². The van der Waals surface area contributed by atoms with Gasteiger partial charge in [-0.05, 0) is 43.3 Å². The van der Waals surface area contributed by atoms with Crippen LogP contribution in [0.4, 0.5) is 5.69 Å². The van der Waals surface area contributed by atoms with Crippen LogP contribution in [0.5, 0.6) is 5.75 Å². The van der Waals surface area contributed by atoms with E-state index in [1.165, 1.54) is 6.92 Å². The number of carbonyl (C=O) groups excluding carboxylic acids is 1. The van der Waals surface area contributed by atoms with E-state index in [4.69, 9.17) is 4.74 Å². The highest BCUT2D eigenvalue weighted by Crippen LogP contribution is 2.32. The first-order valence-corrected chi connectivity index (χ1v) is 10.5. The number of esters is 1. The Bertz CT molecular complexity index is 883. The predicted molar refractivity (Wildman–Crippen MR) is 122 cm³/mol. The monoisotopic (exact) mass is 398 g/mol. The Labute approximate surface area is 172 Å². The summed E-state index contributed by atoms with van der Waals surface area (Å²) < 4.78 is 6.13. The Kier molecular flexibility index (Phi) is 10.6. The maximum Gasteiger partial charge on any atom is 0.308 e. The molecule has 0 radical (unpaired) electrons. The summed E-state index contributed by atoms with van der Waals surface area (Å²) in [6, 6.07) is 13.7. The fourth-order valence-corrected chi connectivity index (χ4v) is 3.28. The number of thiazole rings is 1. The molecule has 28 heavy (non-hydrogen) atoms. The SMILES string of the molecule is C/C=C/CNc1ccc(-c2nc3ccc(OC(C)=O)cc3s2)cc1.CC.CC. The number of aromatic nitrogens is 1. The van der Waals surface area contributed by atoms with E-state index in [1.807, 2.05) is 52.8 Å². The fraction of sp³-hybridized carbons (Fsp3) is 0.304. The lowest BCUT2D eigenvalue weighted by atomic mass is 10.2. The third-order valence-electron chi connectivity index (χ3n) is 3.41. The molecule has 0 amide bonds. The zero-order chi connectivity index (χ0) is 20.9. The van der Waals surface area contributed by atoms with Crippen LogP contribution in [0.2, 0.25) is 0 Å². The minimum absolute atomic E-state index is 0.319. The molecule has 1 N–H and O–H groups in total. The Morgan fingerprint density at radius 3 is 2.39 bits per heavy atom. The quantitative estimate of drug-likeness (QED) is 0.288. The van der Waals surface area contributed by atoms with Gasteiger partial charge in [-0.25, -0.2) is 4.98 Å². The van der Waals surface area contributed by atoms with Crippen LogP contribution in [-0.4, -0.2) is 17.5 Å². The van der Waals surface area contributed by atoms with E-state index >= 15 is 0 Å². The average Bonchev–Trinajstić information content (AvgIpc) is 3.15. The number of nitrogens with one attached hydrogen (secondary N) is 1. The third-order valence-corrected chi connectivity index (χ3v) is 4.48. The molecule has 0 spiro atoms. The number of hydrogen-bond donors (Lipinski definition) is 1. The van der Waals surface area contributed by atoms with Gasteiger partial charge in [0.25, 0.3) is 0 Å². The molecule has 0 saturated heterocycles. The lowest BCUT2D eigenvalue weighted by Gasteiger charge is -2.03. The highest BCUT2D eigenvalue weighted by Gasteiger charge is 2.08. The second-order valence-electron chi connectivity index (χ2n) is 5.27. The second-order valence-corrected chi connectivity index (χ2v) is 6.30. The molecule has 1 aromatic heterocycles. The number of allylic oxidation sites excluding steroid dienone is 1. The molecule has 0 aliphatic rings. The maximum absolute atomic E-state index is 11.1. The summed E-state index contributed by atoms with van der Waals surface area (Å²) in [5.41, 5.74) is 3.05. The van der Waals surface area contributed by atoms with Gasteiger partial charge in [-0.1, -0.05) is 39.8 Å². The van der Waals surface area contributed by atoms with Crippen molar-refractivity contribution in [3.05, 3.63) is 54.6 Å². The van der Waals surface area contributed by atoms with Crippen LogP contribution in [0.25, 0.3) is 20.8 Å². The van der Waals surface area contributed by atoms with Crippen molar-refractivity contribution in [2.45, 2.75) is 41.5 Å². The molecule has 3 aromatic rings. The van der Waals surface area contributed by atoms with Crippen molar-refractivity contribution in [1.29, 1.82) is 0 Å². The summed E-state index contributed by atoms with van der Waals surface area (Å²) in [6.07, 6.45) is 4.09. The summed E-state index contributed by atoms with van der Waals surface area (Å²) >= 11 is 1.58. The number of rotatable bonds is 5. The van der Waals surface area contributed by atoms with E-state index in [0.717, 1.165) is 33.0 Å². The topological polar surface area (TPSA) is 51.2 Å². The van der Waals surface area contributed by atoms with E-state index in [1.54, 1.807) is 17.4 Å². The number of anilines is 1. The molecule has 0 atom stereocenters. The van der Waals surface area contributed by atoms with Gasteiger partial charge in [-0.2, -0.15) is 0 Å². The number of fused-ring (bicyclic) bond motifs is 1. The van der Waals surface area contributed by atoms with Gasteiger partial charge in [0.05, 0.1) is 10.2 Å². The molecular formula is C23H30N2O2S. The highest BCUT2D eigenvalue weighted by molar-refractivity contribution is 7.21. The Morgan fingerprint density at radius 2 is 1.79 bits per heavy atom. The average molecular weight is 399 g/mol. The first-order chi connectivity index (χ1) is 13.7. The molecule has 4 nitrogen and oxygen atoms in total. The van der Waals surface area contributed by atoms with Gasteiger partial charge in [0.1, 0.15) is 10.8 Å². The summed E-state index contributed by atoms with van der Waals surface area (Å²) in [5.74, 6) is 0.230. The molecule has 0 unspecified atom stereocenters. The zero-order valence-electron chi connectivity index (χ0n) is 17.6. The van der Waals surface area contributed by atoms with E-state index < -0.39 is 0 Å². The summed E-state index contributed by atoms with van der Waals surface area (Å²) in [5, 5.41) is 4.27. The molecular weight excluding hydrogens is 368 g/mol. The van der Waals surface area contributed by atoms with Gasteiger partial charge in [0.15, 0.2) is 0 Å². The van der Waals surface area contributed by atoms with Crippen molar-refractivity contribution in [2.24, 2.45) is 0 Å².